The number of carbonyl (C=O) groups excluding carboxylic acids is 1. The summed E-state index contributed by atoms with van der Waals surface area (Å²) in [6.45, 7) is 1.84. The molecule has 1 heterocycles. The van der Waals surface area contributed by atoms with Crippen LogP contribution >= 0.6 is 0 Å². The molecule has 0 aliphatic rings. The Kier molecular flexibility index (Phi) is 2.82. The van der Waals surface area contributed by atoms with E-state index < -0.39 is 6.10 Å². The Hall–Kier alpha value is -1.95. The van der Waals surface area contributed by atoms with E-state index >= 15 is 0 Å². The zero-order valence-electron chi connectivity index (χ0n) is 8.77. The lowest BCUT2D eigenvalue weighted by atomic mass is 10.2. The molecule has 1 atom stereocenters. The predicted octanol–water partition coefficient (Wildman–Crippen LogP) is 0.0685. The van der Waals surface area contributed by atoms with Crippen LogP contribution in [0.1, 0.15) is 17.3 Å². The van der Waals surface area contributed by atoms with Gasteiger partial charge in [-0.15, -0.1) is 0 Å². The maximum atomic E-state index is 11.6. The number of hydrogen-bond acceptors (Lipinski definition) is 4. The molecule has 0 fully saturated rings. The molecule has 0 saturated carbocycles. The van der Waals surface area contributed by atoms with Gasteiger partial charge in [-0.3, -0.25) is 4.79 Å². The van der Waals surface area contributed by atoms with E-state index in [4.69, 9.17) is 5.11 Å². The quantitative estimate of drug-likeness (QED) is 0.682. The molecule has 0 unspecified atom stereocenters. The number of hydrogen-bond donors (Lipinski definition) is 3. The summed E-state index contributed by atoms with van der Waals surface area (Å²) >= 11 is 0. The molecular formula is C10H12N4O2. The van der Waals surface area contributed by atoms with Gasteiger partial charge >= 0.3 is 0 Å². The lowest BCUT2D eigenvalue weighted by Crippen LogP contribution is -2.30. The van der Waals surface area contributed by atoms with Crippen molar-refractivity contribution < 1.29 is 9.90 Å². The Labute approximate surface area is 91.7 Å². The van der Waals surface area contributed by atoms with Crippen molar-refractivity contribution in [1.82, 2.24) is 20.7 Å². The van der Waals surface area contributed by atoms with Crippen LogP contribution in [0.2, 0.25) is 0 Å². The maximum Gasteiger partial charge on any atom is 0.251 e. The number of H-pyrrole nitrogens is 1. The summed E-state index contributed by atoms with van der Waals surface area (Å²) in [6.07, 6.45) is -0.556. The molecule has 16 heavy (non-hydrogen) atoms. The van der Waals surface area contributed by atoms with E-state index in [2.05, 4.69) is 20.7 Å². The van der Waals surface area contributed by atoms with Crippen LogP contribution in [0.5, 0.6) is 0 Å². The summed E-state index contributed by atoms with van der Waals surface area (Å²) in [6, 6.07) is 5.04. The van der Waals surface area contributed by atoms with Gasteiger partial charge < -0.3 is 10.4 Å². The minimum Gasteiger partial charge on any atom is -0.392 e. The number of benzene rings is 1. The number of aliphatic hydroxyl groups excluding tert-OH is 1. The number of carbonyl (C=O) groups is 1. The number of aromatic amines is 1. The van der Waals surface area contributed by atoms with Gasteiger partial charge in [-0.2, -0.15) is 15.4 Å². The third kappa shape index (κ3) is 2.17. The Morgan fingerprint density at radius 3 is 3.00 bits per heavy atom. The first-order valence-corrected chi connectivity index (χ1v) is 4.93. The van der Waals surface area contributed by atoms with Crippen molar-refractivity contribution in [3.63, 3.8) is 0 Å². The zero-order chi connectivity index (χ0) is 11.5. The minimum absolute atomic E-state index is 0.231. The van der Waals surface area contributed by atoms with E-state index in [-0.39, 0.29) is 12.5 Å². The molecule has 1 amide bonds. The van der Waals surface area contributed by atoms with Crippen molar-refractivity contribution in [2.24, 2.45) is 0 Å². The fraction of sp³-hybridized carbons (Fsp3) is 0.300. The zero-order valence-corrected chi connectivity index (χ0v) is 8.77. The summed E-state index contributed by atoms with van der Waals surface area (Å²) in [5.41, 5.74) is 1.86. The first-order chi connectivity index (χ1) is 7.66. The van der Waals surface area contributed by atoms with Crippen LogP contribution in [0.25, 0.3) is 11.0 Å². The fourth-order valence-electron chi connectivity index (χ4n) is 1.32. The summed E-state index contributed by atoms with van der Waals surface area (Å²) in [4.78, 5) is 11.6. The molecular weight excluding hydrogens is 208 g/mol. The minimum atomic E-state index is -0.556. The van der Waals surface area contributed by atoms with Gasteiger partial charge in [0, 0.05) is 12.1 Å². The second-order valence-electron chi connectivity index (χ2n) is 3.59. The Morgan fingerprint density at radius 2 is 2.25 bits per heavy atom. The first kappa shape index (κ1) is 10.6. The largest absolute Gasteiger partial charge is 0.392 e. The highest BCUT2D eigenvalue weighted by Crippen LogP contribution is 2.10. The number of nitrogens with one attached hydrogen (secondary N) is 2. The molecule has 0 saturated heterocycles. The van der Waals surface area contributed by atoms with Crippen molar-refractivity contribution in [1.29, 1.82) is 0 Å². The van der Waals surface area contributed by atoms with Gasteiger partial charge in [0.05, 0.1) is 6.10 Å². The second-order valence-corrected chi connectivity index (χ2v) is 3.59. The third-order valence-electron chi connectivity index (χ3n) is 2.14. The van der Waals surface area contributed by atoms with E-state index in [9.17, 15) is 4.79 Å². The number of aromatic nitrogens is 3. The highest BCUT2D eigenvalue weighted by molar-refractivity contribution is 5.97. The van der Waals surface area contributed by atoms with Gasteiger partial charge in [0.2, 0.25) is 0 Å². The lowest BCUT2D eigenvalue weighted by molar-refractivity contribution is 0.0924. The Balaban J connectivity index is 2.16. The van der Waals surface area contributed by atoms with Crippen molar-refractivity contribution in [3.05, 3.63) is 23.8 Å². The van der Waals surface area contributed by atoms with Crippen LogP contribution in [0.4, 0.5) is 0 Å². The molecule has 6 nitrogen and oxygen atoms in total. The maximum absolute atomic E-state index is 11.6. The normalized spacial score (nSPS) is 12.6. The van der Waals surface area contributed by atoms with Crippen LogP contribution < -0.4 is 5.32 Å². The molecule has 0 spiro atoms. The van der Waals surface area contributed by atoms with E-state index in [1.54, 1.807) is 25.1 Å². The Morgan fingerprint density at radius 1 is 1.50 bits per heavy atom. The van der Waals surface area contributed by atoms with E-state index in [1.165, 1.54) is 0 Å². The SMILES string of the molecule is C[C@H](O)CNC(=O)c1ccc2n[nH]nc2c1. The van der Waals surface area contributed by atoms with Crippen LogP contribution in [0.3, 0.4) is 0 Å². The smallest absolute Gasteiger partial charge is 0.251 e. The van der Waals surface area contributed by atoms with Crippen molar-refractivity contribution in [2.75, 3.05) is 6.54 Å². The average molecular weight is 220 g/mol. The number of rotatable bonds is 3. The molecule has 2 rings (SSSR count). The molecule has 3 N–H and O–H groups in total. The monoisotopic (exact) mass is 220 g/mol. The molecule has 0 bridgehead atoms. The topological polar surface area (TPSA) is 90.9 Å². The van der Waals surface area contributed by atoms with Gasteiger partial charge in [-0.05, 0) is 25.1 Å². The standard InChI is InChI=1S/C10H12N4O2/c1-6(15)5-11-10(16)7-2-3-8-9(4-7)13-14-12-8/h2-4,6,15H,5H2,1H3,(H,11,16)(H,12,13,14)/t6-/m0/s1. The highest BCUT2D eigenvalue weighted by atomic mass is 16.3. The van der Waals surface area contributed by atoms with Gasteiger partial charge in [0.1, 0.15) is 11.0 Å². The van der Waals surface area contributed by atoms with Crippen LogP contribution in [-0.2, 0) is 0 Å². The number of nitrogens with zero attached hydrogens (tertiary/aromatic N) is 2. The molecule has 2 aromatic rings. The van der Waals surface area contributed by atoms with Crippen LogP contribution in [0.15, 0.2) is 18.2 Å². The molecule has 0 radical (unpaired) electrons. The molecule has 6 heteroatoms. The molecule has 0 aliphatic heterocycles. The van der Waals surface area contributed by atoms with Gasteiger partial charge in [-0.1, -0.05) is 0 Å². The molecule has 0 aliphatic carbocycles. The Bertz CT molecular complexity index is 506. The number of aliphatic hydroxyl groups is 1. The van der Waals surface area contributed by atoms with Crippen molar-refractivity contribution in [2.45, 2.75) is 13.0 Å². The summed E-state index contributed by atoms with van der Waals surface area (Å²) < 4.78 is 0. The molecule has 84 valence electrons. The predicted molar refractivity (Wildman–Crippen MR) is 57.9 cm³/mol. The summed E-state index contributed by atoms with van der Waals surface area (Å²) in [5, 5.41) is 21.9. The van der Waals surface area contributed by atoms with Crippen molar-refractivity contribution in [3.8, 4) is 0 Å². The van der Waals surface area contributed by atoms with Gasteiger partial charge in [0.15, 0.2) is 0 Å². The lowest BCUT2D eigenvalue weighted by Gasteiger charge is -2.06. The van der Waals surface area contributed by atoms with E-state index in [0.717, 1.165) is 0 Å². The fourth-order valence-corrected chi connectivity index (χ4v) is 1.32. The molecule has 1 aromatic carbocycles. The first-order valence-electron chi connectivity index (χ1n) is 4.93. The summed E-state index contributed by atoms with van der Waals surface area (Å²) in [7, 11) is 0. The summed E-state index contributed by atoms with van der Waals surface area (Å²) in [5.74, 6) is -0.231. The molecule has 1 aromatic heterocycles. The van der Waals surface area contributed by atoms with Gasteiger partial charge in [0.25, 0.3) is 5.91 Å². The van der Waals surface area contributed by atoms with Crippen LogP contribution in [-0.4, -0.2) is 39.1 Å². The number of fused-ring (bicyclic) bond motifs is 1. The van der Waals surface area contributed by atoms with E-state index in [1.807, 2.05) is 0 Å². The third-order valence-corrected chi connectivity index (χ3v) is 2.14. The van der Waals surface area contributed by atoms with Gasteiger partial charge in [-0.25, -0.2) is 0 Å². The van der Waals surface area contributed by atoms with Crippen LogP contribution in [0, 0.1) is 0 Å². The highest BCUT2D eigenvalue weighted by Gasteiger charge is 2.08. The average Bonchev–Trinajstić information content (AvgIpc) is 2.72. The van der Waals surface area contributed by atoms with E-state index in [0.29, 0.717) is 16.6 Å². The number of amides is 1. The van der Waals surface area contributed by atoms with Crippen molar-refractivity contribution >= 4 is 16.9 Å². The second kappa shape index (κ2) is 4.28.